The molecule has 0 unspecified atom stereocenters. The Balaban J connectivity index is 1.40. The van der Waals surface area contributed by atoms with Crippen molar-refractivity contribution in [3.8, 4) is 16.9 Å². The molecule has 0 aromatic heterocycles. The van der Waals surface area contributed by atoms with Crippen molar-refractivity contribution in [3.05, 3.63) is 64.7 Å². The van der Waals surface area contributed by atoms with Gasteiger partial charge in [0.1, 0.15) is 5.82 Å². The molecule has 6 heteroatoms. The van der Waals surface area contributed by atoms with Crippen molar-refractivity contribution < 1.29 is 26.7 Å². The normalized spacial score (nSPS) is 20.6. The molecule has 0 N–H and O–H groups in total. The van der Waals surface area contributed by atoms with Crippen molar-refractivity contribution in [1.29, 1.82) is 0 Å². The molecule has 1 nitrogen and oxygen atoms in total. The van der Waals surface area contributed by atoms with Gasteiger partial charge in [-0.05, 0) is 66.3 Å². The van der Waals surface area contributed by atoms with Gasteiger partial charge < -0.3 is 4.74 Å². The van der Waals surface area contributed by atoms with Gasteiger partial charge in [0, 0.05) is 5.56 Å². The number of hydrogen-bond donors (Lipinski definition) is 0. The molecule has 0 heterocycles. The van der Waals surface area contributed by atoms with Crippen LogP contribution in [0.25, 0.3) is 11.1 Å². The average Bonchev–Trinajstić information content (AvgIpc) is 2.80. The second kappa shape index (κ2) is 10.5. The van der Waals surface area contributed by atoms with E-state index in [1.54, 1.807) is 6.07 Å². The molecule has 0 atom stereocenters. The summed E-state index contributed by atoms with van der Waals surface area (Å²) in [6.45, 7) is 2.26. The van der Waals surface area contributed by atoms with Crippen LogP contribution in [0.3, 0.4) is 0 Å². The number of allylic oxidation sites excluding steroid dienone is 2. The zero-order chi connectivity index (χ0) is 24.3. The topological polar surface area (TPSA) is 9.23 Å². The molecule has 0 amide bonds. The van der Waals surface area contributed by atoms with E-state index in [2.05, 4.69) is 17.7 Å². The molecule has 0 bridgehead atoms. The summed E-state index contributed by atoms with van der Waals surface area (Å²) in [5.41, 5.74) is 3.22. The number of alkyl halides is 3. The van der Waals surface area contributed by atoms with Crippen molar-refractivity contribution >= 4 is 0 Å². The highest BCUT2D eigenvalue weighted by atomic mass is 19.4. The van der Waals surface area contributed by atoms with Gasteiger partial charge in [-0.3, -0.25) is 0 Å². The van der Waals surface area contributed by atoms with Gasteiger partial charge in [-0.15, -0.1) is 13.2 Å². The first-order valence-electron chi connectivity index (χ1n) is 12.3. The first kappa shape index (κ1) is 24.7. The molecule has 0 spiro atoms. The fourth-order valence-corrected chi connectivity index (χ4v) is 5.51. The van der Waals surface area contributed by atoms with E-state index in [-0.39, 0.29) is 11.1 Å². The van der Waals surface area contributed by atoms with Crippen molar-refractivity contribution in [2.24, 2.45) is 11.8 Å². The molecular formula is C28H31F5O. The highest BCUT2D eigenvalue weighted by Crippen LogP contribution is 2.37. The summed E-state index contributed by atoms with van der Waals surface area (Å²) < 4.78 is 70.2. The second-order valence-electron chi connectivity index (χ2n) is 9.72. The largest absolute Gasteiger partial charge is 0.573 e. The lowest BCUT2D eigenvalue weighted by Gasteiger charge is -2.29. The molecule has 2 aromatic carbocycles. The molecule has 0 aliphatic heterocycles. The number of halogens is 5. The summed E-state index contributed by atoms with van der Waals surface area (Å²) in [5.74, 6) is -0.861. The zero-order valence-corrected chi connectivity index (χ0v) is 19.5. The summed E-state index contributed by atoms with van der Waals surface area (Å²) in [6.07, 6.45) is 8.48. The van der Waals surface area contributed by atoms with Gasteiger partial charge in [0.25, 0.3) is 0 Å². The number of fused-ring (bicyclic) bond motifs is 1. The maximum Gasteiger partial charge on any atom is 0.573 e. The Hall–Kier alpha value is -2.37. The molecule has 184 valence electrons. The summed E-state index contributed by atoms with van der Waals surface area (Å²) in [5, 5.41) is 0. The fraction of sp³-hybridized carbons (Fsp3) is 0.500. The smallest absolute Gasteiger partial charge is 0.403 e. The lowest BCUT2D eigenvalue weighted by molar-refractivity contribution is -0.275. The number of ether oxygens (including phenoxy) is 1. The Bertz CT molecular complexity index is 1030. The molecule has 4 rings (SSSR count). The molecule has 1 saturated carbocycles. The minimum Gasteiger partial charge on any atom is -0.403 e. The Kier molecular flexibility index (Phi) is 7.63. The maximum absolute atomic E-state index is 15.3. The predicted molar refractivity (Wildman–Crippen MR) is 124 cm³/mol. The first-order valence-corrected chi connectivity index (χ1v) is 12.3. The summed E-state index contributed by atoms with van der Waals surface area (Å²) in [6, 6.07) is 6.45. The number of benzene rings is 2. The highest BCUT2D eigenvalue weighted by Gasteiger charge is 2.32. The van der Waals surface area contributed by atoms with Crippen LogP contribution in [-0.4, -0.2) is 6.36 Å². The third-order valence-corrected chi connectivity index (χ3v) is 7.36. The quantitative estimate of drug-likeness (QED) is 0.285. The molecule has 2 aliphatic rings. The lowest BCUT2D eigenvalue weighted by Crippen LogP contribution is -2.17. The molecular weight excluding hydrogens is 447 g/mol. The third-order valence-electron chi connectivity index (χ3n) is 7.36. The van der Waals surface area contributed by atoms with Crippen molar-refractivity contribution in [1.82, 2.24) is 0 Å². The van der Waals surface area contributed by atoms with Crippen LogP contribution in [0, 0.1) is 23.5 Å². The summed E-state index contributed by atoms with van der Waals surface area (Å²) >= 11 is 0. The SMILES string of the molecule is CCCC1CCC(CCC2=CCc3c(ccc(-c4ccc(OC(F)(F)F)c(F)c4)c3F)C2)CC1. The van der Waals surface area contributed by atoms with Gasteiger partial charge in [-0.1, -0.05) is 75.3 Å². The first-order chi connectivity index (χ1) is 16.2. The van der Waals surface area contributed by atoms with Gasteiger partial charge in [0.15, 0.2) is 11.6 Å². The van der Waals surface area contributed by atoms with Crippen molar-refractivity contribution in [3.63, 3.8) is 0 Å². The van der Waals surface area contributed by atoms with Crippen LogP contribution in [0.15, 0.2) is 42.0 Å². The Labute approximate surface area is 198 Å². The van der Waals surface area contributed by atoms with E-state index in [4.69, 9.17) is 0 Å². The van der Waals surface area contributed by atoms with Crippen LogP contribution in [-0.2, 0) is 12.8 Å². The van der Waals surface area contributed by atoms with E-state index in [1.165, 1.54) is 56.6 Å². The molecule has 34 heavy (non-hydrogen) atoms. The van der Waals surface area contributed by atoms with Crippen LogP contribution >= 0.6 is 0 Å². The Morgan fingerprint density at radius 3 is 2.29 bits per heavy atom. The second-order valence-corrected chi connectivity index (χ2v) is 9.72. The van der Waals surface area contributed by atoms with Gasteiger partial charge in [-0.25, -0.2) is 8.78 Å². The van der Waals surface area contributed by atoms with E-state index in [0.717, 1.165) is 36.0 Å². The van der Waals surface area contributed by atoms with E-state index >= 15 is 4.39 Å². The van der Waals surface area contributed by atoms with E-state index in [9.17, 15) is 17.6 Å². The highest BCUT2D eigenvalue weighted by molar-refractivity contribution is 5.67. The van der Waals surface area contributed by atoms with E-state index in [1.807, 2.05) is 6.07 Å². The maximum atomic E-state index is 15.3. The van der Waals surface area contributed by atoms with Crippen LogP contribution in [0.2, 0.25) is 0 Å². The van der Waals surface area contributed by atoms with Crippen LogP contribution in [0.5, 0.6) is 5.75 Å². The standard InChI is InChI=1S/C28H31F5O/c1-2-3-18-4-6-19(7-5-18)8-9-20-10-13-23-21(16-20)11-14-24(27(23)30)22-12-15-26(25(29)17-22)34-28(31,32)33/h10-12,14-15,17-19H,2-9,13,16H2,1H3. The fourth-order valence-electron chi connectivity index (χ4n) is 5.51. The molecule has 2 aliphatic carbocycles. The Morgan fingerprint density at radius 1 is 0.941 bits per heavy atom. The molecule has 1 fully saturated rings. The van der Waals surface area contributed by atoms with Crippen LogP contribution < -0.4 is 4.74 Å². The monoisotopic (exact) mass is 478 g/mol. The number of hydrogen-bond acceptors (Lipinski definition) is 1. The van der Waals surface area contributed by atoms with Gasteiger partial charge in [-0.2, -0.15) is 0 Å². The zero-order valence-electron chi connectivity index (χ0n) is 19.5. The van der Waals surface area contributed by atoms with Crippen LogP contribution in [0.1, 0.15) is 69.4 Å². The van der Waals surface area contributed by atoms with Gasteiger partial charge in [0.2, 0.25) is 0 Å². The Morgan fingerprint density at radius 2 is 1.65 bits per heavy atom. The average molecular weight is 479 g/mol. The van der Waals surface area contributed by atoms with Crippen LogP contribution in [0.4, 0.5) is 22.0 Å². The van der Waals surface area contributed by atoms with Crippen molar-refractivity contribution in [2.75, 3.05) is 0 Å². The van der Waals surface area contributed by atoms with Gasteiger partial charge >= 0.3 is 6.36 Å². The van der Waals surface area contributed by atoms with Gasteiger partial charge in [0.05, 0.1) is 0 Å². The minimum atomic E-state index is -4.99. The molecule has 2 aromatic rings. The van der Waals surface area contributed by atoms with E-state index < -0.39 is 23.7 Å². The molecule has 0 radical (unpaired) electrons. The number of rotatable bonds is 7. The minimum absolute atomic E-state index is 0.178. The van der Waals surface area contributed by atoms with E-state index in [0.29, 0.717) is 18.4 Å². The van der Waals surface area contributed by atoms with Crippen molar-refractivity contribution in [2.45, 2.75) is 77.5 Å². The molecule has 0 saturated heterocycles. The summed E-state index contributed by atoms with van der Waals surface area (Å²) in [4.78, 5) is 0. The lowest BCUT2D eigenvalue weighted by atomic mass is 9.77. The third kappa shape index (κ3) is 6.00. The summed E-state index contributed by atoms with van der Waals surface area (Å²) in [7, 11) is 0. The predicted octanol–water partition coefficient (Wildman–Crippen LogP) is 8.94.